The third-order valence-electron chi connectivity index (χ3n) is 3.98. The zero-order valence-corrected chi connectivity index (χ0v) is 11.6. The van der Waals surface area contributed by atoms with Crippen LogP contribution in [0.25, 0.3) is 10.8 Å². The lowest BCUT2D eigenvalue weighted by atomic mass is 10.0. The summed E-state index contributed by atoms with van der Waals surface area (Å²) in [6.45, 7) is 2.15. The van der Waals surface area contributed by atoms with Gasteiger partial charge >= 0.3 is 0 Å². The molecule has 0 bridgehead atoms. The van der Waals surface area contributed by atoms with Crippen molar-refractivity contribution in [3.8, 4) is 0 Å². The van der Waals surface area contributed by atoms with Gasteiger partial charge in [-0.1, -0.05) is 30.3 Å². The lowest BCUT2D eigenvalue weighted by Gasteiger charge is -2.09. The first kappa shape index (κ1) is 13.1. The molecule has 1 amide bonds. The van der Waals surface area contributed by atoms with Crippen LogP contribution >= 0.6 is 0 Å². The quantitative estimate of drug-likeness (QED) is 0.894. The molecule has 20 heavy (non-hydrogen) atoms. The van der Waals surface area contributed by atoms with Gasteiger partial charge in [0, 0.05) is 12.1 Å². The molecule has 1 fully saturated rings. The van der Waals surface area contributed by atoms with Crippen LogP contribution in [-0.4, -0.2) is 19.0 Å². The Bertz CT molecular complexity index is 603. The normalized spacial score (nSPS) is 18.3. The fraction of sp³-hybridized carbons (Fsp3) is 0.353. The van der Waals surface area contributed by atoms with Crippen LogP contribution in [-0.2, 0) is 4.79 Å². The van der Waals surface area contributed by atoms with E-state index in [9.17, 15) is 4.79 Å². The molecule has 1 aliphatic heterocycles. The molecule has 2 aromatic carbocycles. The Labute approximate surface area is 119 Å². The van der Waals surface area contributed by atoms with Crippen molar-refractivity contribution in [1.82, 2.24) is 5.32 Å². The Kier molecular flexibility index (Phi) is 3.97. The first-order valence-electron chi connectivity index (χ1n) is 7.30. The van der Waals surface area contributed by atoms with Gasteiger partial charge in [-0.2, -0.15) is 0 Å². The maximum atomic E-state index is 12.0. The van der Waals surface area contributed by atoms with Gasteiger partial charge in [0.05, 0.1) is 0 Å². The number of hydrogen-bond acceptors (Lipinski definition) is 2. The number of carbonyl (C=O) groups is 1. The second-order valence-corrected chi connectivity index (χ2v) is 5.51. The number of rotatable bonds is 4. The van der Waals surface area contributed by atoms with Crippen molar-refractivity contribution in [3.05, 3.63) is 42.5 Å². The highest BCUT2D eigenvalue weighted by Crippen LogP contribution is 2.20. The minimum Gasteiger partial charge on any atom is -0.326 e. The lowest BCUT2D eigenvalue weighted by Crippen LogP contribution is -2.14. The number of anilines is 1. The van der Waals surface area contributed by atoms with Gasteiger partial charge in [0.15, 0.2) is 0 Å². The summed E-state index contributed by atoms with van der Waals surface area (Å²) < 4.78 is 0. The average molecular weight is 268 g/mol. The second kappa shape index (κ2) is 6.06. The molecule has 3 nitrogen and oxygen atoms in total. The average Bonchev–Trinajstić information content (AvgIpc) is 2.98. The maximum absolute atomic E-state index is 12.0. The molecular weight excluding hydrogens is 248 g/mol. The van der Waals surface area contributed by atoms with Crippen LogP contribution in [0.4, 0.5) is 5.69 Å². The number of nitrogens with one attached hydrogen (secondary N) is 2. The molecule has 0 aromatic heterocycles. The Morgan fingerprint density at radius 2 is 2.05 bits per heavy atom. The summed E-state index contributed by atoms with van der Waals surface area (Å²) in [4.78, 5) is 12.0. The Hall–Kier alpha value is -1.87. The largest absolute Gasteiger partial charge is 0.326 e. The summed E-state index contributed by atoms with van der Waals surface area (Å²) in [5, 5.41) is 8.69. The van der Waals surface area contributed by atoms with E-state index < -0.39 is 0 Å². The van der Waals surface area contributed by atoms with Gasteiger partial charge in [-0.3, -0.25) is 4.79 Å². The van der Waals surface area contributed by atoms with E-state index in [0.717, 1.165) is 30.6 Å². The van der Waals surface area contributed by atoms with Crippen LogP contribution in [0.2, 0.25) is 0 Å². The highest BCUT2D eigenvalue weighted by molar-refractivity contribution is 5.94. The minimum absolute atomic E-state index is 0.118. The van der Waals surface area contributed by atoms with Crippen molar-refractivity contribution in [3.63, 3.8) is 0 Å². The molecule has 0 spiro atoms. The third-order valence-corrected chi connectivity index (χ3v) is 3.98. The summed E-state index contributed by atoms with van der Waals surface area (Å²) in [6.07, 6.45) is 2.79. The van der Waals surface area contributed by atoms with Crippen LogP contribution in [0.3, 0.4) is 0 Å². The summed E-state index contributed by atoms with van der Waals surface area (Å²) >= 11 is 0. The van der Waals surface area contributed by atoms with Gasteiger partial charge in [0.2, 0.25) is 5.91 Å². The molecule has 1 heterocycles. The molecular formula is C17H20N2O. The molecule has 2 N–H and O–H groups in total. The topological polar surface area (TPSA) is 41.1 Å². The van der Waals surface area contributed by atoms with Crippen molar-refractivity contribution in [2.45, 2.75) is 19.3 Å². The number of hydrogen-bond donors (Lipinski definition) is 2. The molecule has 1 unspecified atom stereocenters. The predicted molar refractivity (Wildman–Crippen MR) is 82.8 cm³/mol. The van der Waals surface area contributed by atoms with E-state index in [-0.39, 0.29) is 5.91 Å². The van der Waals surface area contributed by atoms with Gasteiger partial charge in [0.1, 0.15) is 0 Å². The van der Waals surface area contributed by atoms with E-state index >= 15 is 0 Å². The molecule has 0 aliphatic carbocycles. The summed E-state index contributed by atoms with van der Waals surface area (Å²) in [5.41, 5.74) is 0.887. The molecule has 3 heteroatoms. The Morgan fingerprint density at radius 1 is 1.20 bits per heavy atom. The Morgan fingerprint density at radius 3 is 2.85 bits per heavy atom. The van der Waals surface area contributed by atoms with Crippen molar-refractivity contribution in [2.75, 3.05) is 18.4 Å². The molecule has 1 aliphatic rings. The van der Waals surface area contributed by atoms with E-state index in [2.05, 4.69) is 22.8 Å². The molecule has 1 atom stereocenters. The smallest absolute Gasteiger partial charge is 0.224 e. The monoisotopic (exact) mass is 268 g/mol. The number of benzene rings is 2. The van der Waals surface area contributed by atoms with Gasteiger partial charge in [-0.05, 0) is 54.8 Å². The highest BCUT2D eigenvalue weighted by Gasteiger charge is 2.15. The molecule has 1 saturated heterocycles. The van der Waals surface area contributed by atoms with Crippen LogP contribution in [0.1, 0.15) is 19.3 Å². The van der Waals surface area contributed by atoms with Crippen LogP contribution in [0.15, 0.2) is 42.5 Å². The summed E-state index contributed by atoms with van der Waals surface area (Å²) in [5.74, 6) is 0.782. The zero-order valence-electron chi connectivity index (χ0n) is 11.6. The van der Waals surface area contributed by atoms with Gasteiger partial charge in [-0.25, -0.2) is 0 Å². The van der Waals surface area contributed by atoms with E-state index in [1.54, 1.807) is 0 Å². The Balaban J connectivity index is 1.59. The maximum Gasteiger partial charge on any atom is 0.224 e. The highest BCUT2D eigenvalue weighted by atomic mass is 16.1. The first-order chi connectivity index (χ1) is 9.81. The fourth-order valence-corrected chi connectivity index (χ4v) is 2.79. The van der Waals surface area contributed by atoms with Gasteiger partial charge in [0.25, 0.3) is 0 Å². The SMILES string of the molecule is O=C(CCC1CCNC1)Nc1ccc2ccccc2c1. The number of amides is 1. The van der Waals surface area contributed by atoms with Crippen molar-refractivity contribution < 1.29 is 4.79 Å². The lowest BCUT2D eigenvalue weighted by molar-refractivity contribution is -0.116. The first-order valence-corrected chi connectivity index (χ1v) is 7.30. The van der Waals surface area contributed by atoms with Crippen LogP contribution in [0.5, 0.6) is 0 Å². The standard InChI is InChI=1S/C17H20N2O/c20-17(8-5-13-9-10-18-12-13)19-16-7-6-14-3-1-2-4-15(14)11-16/h1-4,6-7,11,13,18H,5,8-10,12H2,(H,19,20). The number of carbonyl (C=O) groups excluding carboxylic acids is 1. The van der Waals surface area contributed by atoms with E-state index in [0.29, 0.717) is 12.3 Å². The molecule has 0 saturated carbocycles. The summed E-state index contributed by atoms with van der Waals surface area (Å²) in [6, 6.07) is 14.2. The summed E-state index contributed by atoms with van der Waals surface area (Å²) in [7, 11) is 0. The van der Waals surface area contributed by atoms with Crippen molar-refractivity contribution in [2.24, 2.45) is 5.92 Å². The van der Waals surface area contributed by atoms with Crippen LogP contribution < -0.4 is 10.6 Å². The molecule has 2 aromatic rings. The molecule has 3 rings (SSSR count). The second-order valence-electron chi connectivity index (χ2n) is 5.51. The van der Waals surface area contributed by atoms with E-state index in [4.69, 9.17) is 0 Å². The van der Waals surface area contributed by atoms with E-state index in [1.165, 1.54) is 11.8 Å². The molecule has 104 valence electrons. The van der Waals surface area contributed by atoms with Gasteiger partial charge < -0.3 is 10.6 Å². The van der Waals surface area contributed by atoms with E-state index in [1.807, 2.05) is 30.3 Å². The van der Waals surface area contributed by atoms with Crippen molar-refractivity contribution >= 4 is 22.4 Å². The minimum atomic E-state index is 0.118. The predicted octanol–water partition coefficient (Wildman–Crippen LogP) is 3.17. The molecule has 0 radical (unpaired) electrons. The third kappa shape index (κ3) is 3.17. The fourth-order valence-electron chi connectivity index (χ4n) is 2.79. The van der Waals surface area contributed by atoms with Gasteiger partial charge in [-0.15, -0.1) is 0 Å². The van der Waals surface area contributed by atoms with Crippen LogP contribution in [0, 0.1) is 5.92 Å². The number of fused-ring (bicyclic) bond motifs is 1. The van der Waals surface area contributed by atoms with Crippen molar-refractivity contribution in [1.29, 1.82) is 0 Å². The zero-order chi connectivity index (χ0) is 13.8.